The highest BCUT2D eigenvalue weighted by atomic mass is 19.4. The predicted molar refractivity (Wildman–Crippen MR) is 68.0 cm³/mol. The van der Waals surface area contributed by atoms with E-state index in [0.29, 0.717) is 16.7 Å². The Labute approximate surface area is 113 Å². The van der Waals surface area contributed by atoms with Crippen LogP contribution in [0.1, 0.15) is 11.1 Å². The Hall–Kier alpha value is -2.04. The van der Waals surface area contributed by atoms with Gasteiger partial charge in [-0.1, -0.05) is 24.3 Å². The highest BCUT2D eigenvalue weighted by molar-refractivity contribution is 5.70. The van der Waals surface area contributed by atoms with Crippen LogP contribution in [0.5, 0.6) is 5.75 Å². The van der Waals surface area contributed by atoms with Crippen molar-refractivity contribution in [3.05, 3.63) is 53.3 Å². The van der Waals surface area contributed by atoms with Crippen molar-refractivity contribution in [1.82, 2.24) is 0 Å². The Balaban J connectivity index is 2.51. The lowest BCUT2D eigenvalue weighted by atomic mass is 9.98. The maximum atomic E-state index is 14.1. The molecule has 0 saturated carbocycles. The van der Waals surface area contributed by atoms with Crippen molar-refractivity contribution in [2.75, 3.05) is 0 Å². The summed E-state index contributed by atoms with van der Waals surface area (Å²) in [7, 11) is 0. The molecule has 0 saturated heterocycles. The molecule has 0 atom stereocenters. The lowest BCUT2D eigenvalue weighted by molar-refractivity contribution is -0.274. The first-order chi connectivity index (χ1) is 9.28. The fourth-order valence-electron chi connectivity index (χ4n) is 1.94. The summed E-state index contributed by atoms with van der Waals surface area (Å²) in [6.07, 6.45) is -4.77. The Morgan fingerprint density at radius 3 is 2.25 bits per heavy atom. The van der Waals surface area contributed by atoms with Gasteiger partial charge in [-0.2, -0.15) is 0 Å². The molecule has 0 bridgehead atoms. The minimum absolute atomic E-state index is 0.259. The van der Waals surface area contributed by atoms with Gasteiger partial charge in [0.25, 0.3) is 0 Å². The normalized spacial score (nSPS) is 11.5. The maximum absolute atomic E-state index is 14.1. The van der Waals surface area contributed by atoms with Gasteiger partial charge in [-0.3, -0.25) is 0 Å². The Morgan fingerprint density at radius 1 is 0.900 bits per heavy atom. The first kappa shape index (κ1) is 14.4. The Morgan fingerprint density at radius 2 is 1.60 bits per heavy atom. The Kier molecular flexibility index (Phi) is 3.70. The molecule has 0 aliphatic carbocycles. The van der Waals surface area contributed by atoms with Crippen LogP contribution in [-0.4, -0.2) is 6.36 Å². The molecular weight excluding hydrogens is 272 g/mol. The van der Waals surface area contributed by atoms with Crippen molar-refractivity contribution >= 4 is 0 Å². The molecule has 0 unspecified atom stereocenters. The van der Waals surface area contributed by atoms with Crippen LogP contribution in [0, 0.1) is 19.7 Å². The number of ether oxygens (including phenoxy) is 1. The van der Waals surface area contributed by atoms with E-state index < -0.39 is 12.2 Å². The van der Waals surface area contributed by atoms with Gasteiger partial charge in [0.05, 0.1) is 0 Å². The molecule has 0 aliphatic heterocycles. The highest BCUT2D eigenvalue weighted by Gasteiger charge is 2.31. The zero-order valence-electron chi connectivity index (χ0n) is 10.9. The van der Waals surface area contributed by atoms with E-state index in [0.717, 1.165) is 0 Å². The van der Waals surface area contributed by atoms with E-state index in [-0.39, 0.29) is 11.3 Å². The highest BCUT2D eigenvalue weighted by Crippen LogP contribution is 2.32. The SMILES string of the molecule is Cc1ccc(OC(F)(F)F)cc1-c1cccc(C)c1F. The molecule has 0 spiro atoms. The molecule has 0 radical (unpaired) electrons. The van der Waals surface area contributed by atoms with Gasteiger partial charge in [-0.05, 0) is 42.7 Å². The number of halogens is 4. The topological polar surface area (TPSA) is 9.23 Å². The van der Waals surface area contributed by atoms with Gasteiger partial charge in [-0.15, -0.1) is 13.2 Å². The number of hydrogen-bond acceptors (Lipinski definition) is 1. The van der Waals surface area contributed by atoms with E-state index in [4.69, 9.17) is 0 Å². The van der Waals surface area contributed by atoms with Gasteiger partial charge in [0.15, 0.2) is 0 Å². The first-order valence-corrected chi connectivity index (χ1v) is 5.90. The van der Waals surface area contributed by atoms with Crippen LogP contribution in [0.2, 0.25) is 0 Å². The van der Waals surface area contributed by atoms with Crippen molar-refractivity contribution in [2.45, 2.75) is 20.2 Å². The molecule has 0 aliphatic rings. The quantitative estimate of drug-likeness (QED) is 0.704. The standard InChI is InChI=1S/C15H12F4O/c1-9-6-7-11(20-15(17,18)19)8-13(9)12-5-3-4-10(2)14(12)16/h3-8H,1-2H3. The van der Waals surface area contributed by atoms with Crippen molar-refractivity contribution in [2.24, 2.45) is 0 Å². The number of alkyl halides is 3. The number of benzene rings is 2. The lowest BCUT2D eigenvalue weighted by Gasteiger charge is -2.13. The van der Waals surface area contributed by atoms with E-state index >= 15 is 0 Å². The molecule has 2 aromatic rings. The summed E-state index contributed by atoms with van der Waals surface area (Å²) in [5.41, 5.74) is 1.75. The molecule has 5 heteroatoms. The fraction of sp³-hybridized carbons (Fsp3) is 0.200. The van der Waals surface area contributed by atoms with Gasteiger partial charge in [0, 0.05) is 5.56 Å². The van der Waals surface area contributed by atoms with Gasteiger partial charge in [-0.25, -0.2) is 4.39 Å². The zero-order valence-corrected chi connectivity index (χ0v) is 10.9. The summed E-state index contributed by atoms with van der Waals surface area (Å²) >= 11 is 0. The van der Waals surface area contributed by atoms with Crippen LogP contribution in [0.15, 0.2) is 36.4 Å². The van der Waals surface area contributed by atoms with E-state index in [1.165, 1.54) is 24.3 Å². The third-order valence-electron chi connectivity index (χ3n) is 2.92. The average molecular weight is 284 g/mol. The van der Waals surface area contributed by atoms with Crippen molar-refractivity contribution in [1.29, 1.82) is 0 Å². The molecule has 2 rings (SSSR count). The third-order valence-corrected chi connectivity index (χ3v) is 2.92. The van der Waals surface area contributed by atoms with E-state index in [2.05, 4.69) is 4.74 Å². The number of aryl methyl sites for hydroxylation is 2. The minimum Gasteiger partial charge on any atom is -0.406 e. The molecule has 106 valence electrons. The molecule has 2 aromatic carbocycles. The average Bonchev–Trinajstić information content (AvgIpc) is 2.34. The van der Waals surface area contributed by atoms with E-state index in [1.807, 2.05) is 0 Å². The van der Waals surface area contributed by atoms with Gasteiger partial charge < -0.3 is 4.74 Å². The van der Waals surface area contributed by atoms with E-state index in [1.54, 1.807) is 26.0 Å². The van der Waals surface area contributed by atoms with Crippen LogP contribution in [-0.2, 0) is 0 Å². The van der Waals surface area contributed by atoms with Crippen LogP contribution in [0.4, 0.5) is 17.6 Å². The van der Waals surface area contributed by atoms with Crippen molar-refractivity contribution in [3.63, 3.8) is 0 Å². The number of hydrogen-bond donors (Lipinski definition) is 0. The van der Waals surface area contributed by atoms with Gasteiger partial charge in [0.2, 0.25) is 0 Å². The number of rotatable bonds is 2. The second-order valence-electron chi connectivity index (χ2n) is 4.46. The molecule has 0 aromatic heterocycles. The van der Waals surface area contributed by atoms with Gasteiger partial charge in [0.1, 0.15) is 11.6 Å². The molecule has 0 heterocycles. The third kappa shape index (κ3) is 3.10. The Bertz CT molecular complexity index is 632. The molecule has 0 fully saturated rings. The molecule has 20 heavy (non-hydrogen) atoms. The zero-order chi connectivity index (χ0) is 14.9. The summed E-state index contributed by atoms with van der Waals surface area (Å²) in [6, 6.07) is 8.66. The second kappa shape index (κ2) is 5.15. The first-order valence-electron chi connectivity index (χ1n) is 5.90. The summed E-state index contributed by atoms with van der Waals surface area (Å²) in [4.78, 5) is 0. The maximum Gasteiger partial charge on any atom is 0.573 e. The molecule has 0 amide bonds. The smallest absolute Gasteiger partial charge is 0.406 e. The van der Waals surface area contributed by atoms with Crippen LogP contribution < -0.4 is 4.74 Å². The summed E-state index contributed by atoms with van der Waals surface area (Å²) < 4.78 is 54.6. The molecule has 0 N–H and O–H groups in total. The minimum atomic E-state index is -4.77. The van der Waals surface area contributed by atoms with Crippen LogP contribution in [0.3, 0.4) is 0 Å². The van der Waals surface area contributed by atoms with Crippen molar-refractivity contribution < 1.29 is 22.3 Å². The van der Waals surface area contributed by atoms with E-state index in [9.17, 15) is 17.6 Å². The molecule has 1 nitrogen and oxygen atoms in total. The summed E-state index contributed by atoms with van der Waals surface area (Å²) in [6.45, 7) is 3.30. The second-order valence-corrected chi connectivity index (χ2v) is 4.46. The monoisotopic (exact) mass is 284 g/mol. The van der Waals surface area contributed by atoms with Crippen molar-refractivity contribution in [3.8, 4) is 16.9 Å². The van der Waals surface area contributed by atoms with Crippen LogP contribution in [0.25, 0.3) is 11.1 Å². The van der Waals surface area contributed by atoms with Crippen LogP contribution >= 0.6 is 0 Å². The van der Waals surface area contributed by atoms with Gasteiger partial charge >= 0.3 is 6.36 Å². The fourth-order valence-corrected chi connectivity index (χ4v) is 1.94. The summed E-state index contributed by atoms with van der Waals surface area (Å²) in [5, 5.41) is 0. The lowest BCUT2D eigenvalue weighted by Crippen LogP contribution is -2.17. The molecular formula is C15H12F4O. The largest absolute Gasteiger partial charge is 0.573 e. The predicted octanol–water partition coefficient (Wildman–Crippen LogP) is 5.01. The summed E-state index contributed by atoms with van der Waals surface area (Å²) in [5.74, 6) is -0.807.